The summed E-state index contributed by atoms with van der Waals surface area (Å²) in [5.74, 6) is -2.18. The van der Waals surface area contributed by atoms with Crippen LogP contribution in [0.4, 0.5) is 5.69 Å². The molecule has 1 unspecified atom stereocenters. The van der Waals surface area contributed by atoms with Crippen LogP contribution in [0.1, 0.15) is 28.8 Å². The maximum Gasteiger partial charge on any atom is 0.324 e. The zero-order chi connectivity index (χ0) is 20.6. The molecule has 1 saturated heterocycles. The van der Waals surface area contributed by atoms with Gasteiger partial charge in [-0.2, -0.15) is 4.31 Å². The minimum absolute atomic E-state index is 0.0125. The van der Waals surface area contributed by atoms with E-state index >= 15 is 0 Å². The van der Waals surface area contributed by atoms with Gasteiger partial charge in [0.25, 0.3) is 11.7 Å². The van der Waals surface area contributed by atoms with Crippen LogP contribution in [0, 0.1) is 0 Å². The highest BCUT2D eigenvalue weighted by Crippen LogP contribution is 2.31. The van der Waals surface area contributed by atoms with Crippen molar-refractivity contribution >= 4 is 33.4 Å². The van der Waals surface area contributed by atoms with Gasteiger partial charge in [0.15, 0.2) is 0 Å². The summed E-state index contributed by atoms with van der Waals surface area (Å²) in [5, 5.41) is 2.38. The second-order valence-electron chi connectivity index (χ2n) is 6.86. The number of hydrogen-bond donors (Lipinski definition) is 1. The molecule has 4 rings (SSSR count). The van der Waals surface area contributed by atoms with Crippen molar-refractivity contribution in [2.75, 3.05) is 11.9 Å². The van der Waals surface area contributed by atoms with E-state index < -0.39 is 33.7 Å². The molecule has 29 heavy (non-hydrogen) atoms. The lowest BCUT2D eigenvalue weighted by molar-refractivity contribution is -0.148. The third-order valence-electron chi connectivity index (χ3n) is 5.00. The number of Topliss-reactive ketones (excluding diaryl/α,β-unsaturated/α-hetero) is 1. The second-order valence-corrected chi connectivity index (χ2v) is 8.75. The molecule has 8 nitrogen and oxygen atoms in total. The third kappa shape index (κ3) is 3.54. The number of ketones is 1. The van der Waals surface area contributed by atoms with Crippen molar-refractivity contribution < 1.29 is 27.5 Å². The Bertz CT molecular complexity index is 1100. The molecule has 0 bridgehead atoms. The fourth-order valence-corrected chi connectivity index (χ4v) is 5.18. The number of esters is 1. The molecule has 2 aliphatic heterocycles. The van der Waals surface area contributed by atoms with Crippen LogP contribution in [0.2, 0.25) is 0 Å². The molecular weight excluding hydrogens is 396 g/mol. The van der Waals surface area contributed by atoms with Gasteiger partial charge in [0.1, 0.15) is 12.6 Å². The highest BCUT2D eigenvalue weighted by Gasteiger charge is 2.41. The molecular formula is C20H18N2O6S. The van der Waals surface area contributed by atoms with Crippen molar-refractivity contribution in [3.63, 3.8) is 0 Å². The van der Waals surface area contributed by atoms with Crippen molar-refractivity contribution in [3.8, 4) is 0 Å². The third-order valence-corrected chi connectivity index (χ3v) is 6.90. The quantitative estimate of drug-likeness (QED) is 0.589. The van der Waals surface area contributed by atoms with E-state index in [4.69, 9.17) is 4.74 Å². The van der Waals surface area contributed by atoms with Crippen molar-refractivity contribution in [1.82, 2.24) is 4.31 Å². The molecule has 9 heteroatoms. The van der Waals surface area contributed by atoms with Gasteiger partial charge in [0.2, 0.25) is 10.0 Å². The summed E-state index contributed by atoms with van der Waals surface area (Å²) in [6.07, 6.45) is 0.880. The summed E-state index contributed by atoms with van der Waals surface area (Å²) in [6.45, 7) is 0.237. The van der Waals surface area contributed by atoms with Crippen LogP contribution < -0.4 is 5.32 Å². The number of anilines is 1. The lowest BCUT2D eigenvalue weighted by atomic mass is 10.1. The fourth-order valence-electron chi connectivity index (χ4n) is 3.51. The van der Waals surface area contributed by atoms with E-state index in [1.54, 1.807) is 0 Å². The summed E-state index contributed by atoms with van der Waals surface area (Å²) >= 11 is 0. The molecule has 2 aliphatic rings. The molecule has 1 atom stereocenters. The number of nitrogens with zero attached hydrogens (tertiary/aromatic N) is 1. The van der Waals surface area contributed by atoms with Gasteiger partial charge < -0.3 is 10.1 Å². The van der Waals surface area contributed by atoms with Crippen molar-refractivity contribution in [3.05, 3.63) is 59.7 Å². The minimum atomic E-state index is -4.04. The summed E-state index contributed by atoms with van der Waals surface area (Å²) < 4.78 is 32.7. The Kier molecular flexibility index (Phi) is 4.93. The Balaban J connectivity index is 1.54. The Labute approximate surface area is 167 Å². The SMILES string of the molecule is O=C1Nc2ccc(S(=O)(=O)N3CCCC3C(=O)OCc3ccccc3)cc2C1=O. The predicted molar refractivity (Wildman–Crippen MR) is 103 cm³/mol. The van der Waals surface area contributed by atoms with E-state index in [1.807, 2.05) is 30.3 Å². The molecule has 1 amide bonds. The van der Waals surface area contributed by atoms with Crippen LogP contribution >= 0.6 is 0 Å². The highest BCUT2D eigenvalue weighted by molar-refractivity contribution is 7.89. The number of carbonyl (C=O) groups excluding carboxylic acids is 3. The van der Waals surface area contributed by atoms with Gasteiger partial charge in [-0.25, -0.2) is 8.42 Å². The van der Waals surface area contributed by atoms with Gasteiger partial charge in [-0.15, -0.1) is 0 Å². The van der Waals surface area contributed by atoms with Gasteiger partial charge in [0.05, 0.1) is 16.1 Å². The van der Waals surface area contributed by atoms with Crippen LogP contribution in [-0.2, 0) is 31.0 Å². The number of fused-ring (bicyclic) bond motifs is 1. The molecule has 0 spiro atoms. The van der Waals surface area contributed by atoms with Crippen molar-refractivity contribution in [2.45, 2.75) is 30.4 Å². The van der Waals surface area contributed by atoms with Crippen molar-refractivity contribution in [2.24, 2.45) is 0 Å². The predicted octanol–water partition coefficient (Wildman–Crippen LogP) is 1.72. The molecule has 2 aromatic rings. The van der Waals surface area contributed by atoms with E-state index in [0.29, 0.717) is 12.8 Å². The average Bonchev–Trinajstić information content (AvgIpc) is 3.33. The first-order chi connectivity index (χ1) is 13.9. The number of nitrogens with one attached hydrogen (secondary N) is 1. The van der Waals surface area contributed by atoms with Gasteiger partial charge in [-0.1, -0.05) is 30.3 Å². The standard InChI is InChI=1S/C20H18N2O6S/c23-18-15-11-14(8-9-16(15)21-19(18)24)29(26,27)22-10-4-7-17(22)20(25)28-12-13-5-2-1-3-6-13/h1-3,5-6,8-9,11,17H,4,7,10,12H2,(H,21,23,24). The molecule has 2 heterocycles. The Morgan fingerprint density at radius 1 is 1.14 bits per heavy atom. The highest BCUT2D eigenvalue weighted by atomic mass is 32.2. The van der Waals surface area contributed by atoms with Crippen LogP contribution in [0.15, 0.2) is 53.4 Å². The summed E-state index contributed by atoms with van der Waals surface area (Å²) in [6, 6.07) is 12.1. The minimum Gasteiger partial charge on any atom is -0.460 e. The van der Waals surface area contributed by atoms with Crippen LogP contribution in [-0.4, -0.2) is 43.0 Å². The van der Waals surface area contributed by atoms with Gasteiger partial charge in [0, 0.05) is 6.54 Å². The molecule has 2 aromatic carbocycles. The first-order valence-electron chi connectivity index (χ1n) is 9.10. The van der Waals surface area contributed by atoms with Gasteiger partial charge in [-0.3, -0.25) is 14.4 Å². The number of amides is 1. The zero-order valence-electron chi connectivity index (χ0n) is 15.3. The van der Waals surface area contributed by atoms with E-state index in [9.17, 15) is 22.8 Å². The number of carbonyl (C=O) groups is 3. The zero-order valence-corrected chi connectivity index (χ0v) is 16.1. The maximum atomic E-state index is 13.1. The van der Waals surface area contributed by atoms with Gasteiger partial charge in [-0.05, 0) is 36.6 Å². The molecule has 0 aromatic heterocycles. The smallest absolute Gasteiger partial charge is 0.324 e. The van der Waals surface area contributed by atoms with Crippen LogP contribution in [0.3, 0.4) is 0 Å². The second kappa shape index (κ2) is 7.41. The Hall–Kier alpha value is -3.04. The van der Waals surface area contributed by atoms with E-state index in [0.717, 1.165) is 9.87 Å². The van der Waals surface area contributed by atoms with Crippen LogP contribution in [0.5, 0.6) is 0 Å². The lowest BCUT2D eigenvalue weighted by Crippen LogP contribution is -2.41. The van der Waals surface area contributed by atoms with E-state index in [2.05, 4.69) is 5.32 Å². The number of rotatable bonds is 5. The summed E-state index contributed by atoms with van der Waals surface area (Å²) in [4.78, 5) is 35.8. The molecule has 0 radical (unpaired) electrons. The summed E-state index contributed by atoms with van der Waals surface area (Å²) in [5.41, 5.74) is 1.10. The number of ether oxygens (including phenoxy) is 1. The Morgan fingerprint density at radius 3 is 2.66 bits per heavy atom. The largest absolute Gasteiger partial charge is 0.460 e. The molecule has 1 fully saturated rings. The normalized spacial score (nSPS) is 19.1. The van der Waals surface area contributed by atoms with Crippen molar-refractivity contribution in [1.29, 1.82) is 0 Å². The number of sulfonamides is 1. The first kappa shape index (κ1) is 19.3. The maximum absolute atomic E-state index is 13.1. The molecule has 0 saturated carbocycles. The number of hydrogen-bond acceptors (Lipinski definition) is 6. The van der Waals surface area contributed by atoms with Gasteiger partial charge >= 0.3 is 5.97 Å². The lowest BCUT2D eigenvalue weighted by Gasteiger charge is -2.23. The monoisotopic (exact) mass is 414 g/mol. The number of benzene rings is 2. The first-order valence-corrected chi connectivity index (χ1v) is 10.5. The van der Waals surface area contributed by atoms with E-state index in [-0.39, 0.29) is 29.3 Å². The van der Waals surface area contributed by atoms with Crippen LogP contribution in [0.25, 0.3) is 0 Å². The van der Waals surface area contributed by atoms with E-state index in [1.165, 1.54) is 18.2 Å². The fraction of sp³-hybridized carbons (Fsp3) is 0.250. The molecule has 0 aliphatic carbocycles. The molecule has 1 N–H and O–H groups in total. The molecule has 150 valence electrons. The topological polar surface area (TPSA) is 110 Å². The Morgan fingerprint density at radius 2 is 1.90 bits per heavy atom. The average molecular weight is 414 g/mol. The summed E-state index contributed by atoms with van der Waals surface area (Å²) in [7, 11) is -4.04.